The second kappa shape index (κ2) is 12.6. The van der Waals surface area contributed by atoms with Gasteiger partial charge in [0.25, 0.3) is 0 Å². The van der Waals surface area contributed by atoms with Crippen LogP contribution in [0.3, 0.4) is 0 Å². The third kappa shape index (κ3) is 7.46. The minimum Gasteiger partial charge on any atom is -0.357 e. The van der Waals surface area contributed by atoms with E-state index in [9.17, 15) is 0 Å². The lowest BCUT2D eigenvalue weighted by molar-refractivity contribution is 0.573. The third-order valence-electron chi connectivity index (χ3n) is 3.85. The quantitative estimate of drug-likeness (QED) is 0.282. The van der Waals surface area contributed by atoms with Gasteiger partial charge in [-0.05, 0) is 50.1 Å². The molecule has 0 saturated carbocycles. The Morgan fingerprint density at radius 2 is 2.08 bits per heavy atom. The number of halogens is 1. The van der Waals surface area contributed by atoms with Crippen molar-refractivity contribution in [2.75, 3.05) is 43.1 Å². The van der Waals surface area contributed by atoms with Crippen molar-refractivity contribution in [1.29, 1.82) is 0 Å². The monoisotopic (exact) mass is 463 g/mol. The summed E-state index contributed by atoms with van der Waals surface area (Å²) in [5.74, 6) is 3.06. The molecule has 0 spiro atoms. The molecule has 0 radical (unpaired) electrons. The number of piperidine rings is 1. The average molecular weight is 463 g/mol. The number of anilines is 1. The van der Waals surface area contributed by atoms with E-state index in [1.54, 1.807) is 0 Å². The molecule has 136 valence electrons. The Morgan fingerprint density at radius 1 is 1.29 bits per heavy atom. The van der Waals surface area contributed by atoms with Crippen LogP contribution in [-0.2, 0) is 6.54 Å². The SMILES string of the molecule is CCNC(=NCc1ccnc(N2CCCCC2)c1)NCCSC.I. The lowest BCUT2D eigenvalue weighted by Gasteiger charge is -2.27. The topological polar surface area (TPSA) is 52.6 Å². The summed E-state index contributed by atoms with van der Waals surface area (Å²) in [4.78, 5) is 11.6. The first kappa shape index (κ1) is 21.3. The maximum absolute atomic E-state index is 4.68. The normalized spacial score (nSPS) is 14.9. The van der Waals surface area contributed by atoms with Crippen molar-refractivity contribution in [2.45, 2.75) is 32.7 Å². The molecule has 7 heteroatoms. The van der Waals surface area contributed by atoms with Crippen molar-refractivity contribution in [3.8, 4) is 0 Å². The highest BCUT2D eigenvalue weighted by molar-refractivity contribution is 14.0. The zero-order chi connectivity index (χ0) is 16.3. The van der Waals surface area contributed by atoms with Crippen LogP contribution in [0.15, 0.2) is 23.3 Å². The Balaban J connectivity index is 0.00000288. The molecule has 0 aromatic carbocycles. The highest BCUT2D eigenvalue weighted by Crippen LogP contribution is 2.18. The van der Waals surface area contributed by atoms with E-state index < -0.39 is 0 Å². The summed E-state index contributed by atoms with van der Waals surface area (Å²) in [6, 6.07) is 4.24. The van der Waals surface area contributed by atoms with Gasteiger partial charge in [0.05, 0.1) is 6.54 Å². The van der Waals surface area contributed by atoms with Crippen LogP contribution in [0.4, 0.5) is 5.82 Å². The molecule has 0 amide bonds. The Morgan fingerprint density at radius 3 is 2.79 bits per heavy atom. The fourth-order valence-corrected chi connectivity index (χ4v) is 2.94. The van der Waals surface area contributed by atoms with Crippen LogP contribution < -0.4 is 15.5 Å². The molecule has 1 saturated heterocycles. The number of rotatable bonds is 7. The summed E-state index contributed by atoms with van der Waals surface area (Å²) in [7, 11) is 0. The van der Waals surface area contributed by atoms with Crippen LogP contribution in [0.25, 0.3) is 0 Å². The molecular weight excluding hydrogens is 433 g/mol. The van der Waals surface area contributed by atoms with E-state index in [1.165, 1.54) is 24.8 Å². The molecule has 0 unspecified atom stereocenters. The molecule has 1 aromatic heterocycles. The van der Waals surface area contributed by atoms with Crippen LogP contribution in [0.2, 0.25) is 0 Å². The molecule has 2 rings (SSSR count). The highest BCUT2D eigenvalue weighted by Gasteiger charge is 2.12. The first-order chi connectivity index (χ1) is 11.3. The number of aromatic nitrogens is 1. The highest BCUT2D eigenvalue weighted by atomic mass is 127. The molecular formula is C17H30IN5S. The van der Waals surface area contributed by atoms with Crippen LogP contribution >= 0.6 is 35.7 Å². The molecule has 5 nitrogen and oxygen atoms in total. The van der Waals surface area contributed by atoms with E-state index in [0.717, 1.165) is 43.7 Å². The standard InChI is InChI=1S/C17H29N5S.HI/c1-3-18-17(20-9-12-23-2)21-14-15-7-8-19-16(13-15)22-10-5-4-6-11-22;/h7-8,13H,3-6,9-12,14H2,1-2H3,(H2,18,20,21);1H. The Bertz CT molecular complexity index is 492. The van der Waals surface area contributed by atoms with Crippen molar-refractivity contribution >= 4 is 47.5 Å². The van der Waals surface area contributed by atoms with E-state index in [-0.39, 0.29) is 24.0 Å². The predicted octanol–water partition coefficient (Wildman–Crippen LogP) is 3.11. The number of pyridine rings is 1. The van der Waals surface area contributed by atoms with Crippen LogP contribution in [0.1, 0.15) is 31.7 Å². The van der Waals surface area contributed by atoms with Gasteiger partial charge in [-0.25, -0.2) is 9.98 Å². The molecule has 0 aliphatic carbocycles. The molecule has 0 atom stereocenters. The van der Waals surface area contributed by atoms with Gasteiger partial charge in [0.15, 0.2) is 5.96 Å². The second-order valence-electron chi connectivity index (χ2n) is 5.68. The lowest BCUT2D eigenvalue weighted by Crippen LogP contribution is -2.38. The summed E-state index contributed by atoms with van der Waals surface area (Å²) in [5.41, 5.74) is 1.21. The number of hydrogen-bond donors (Lipinski definition) is 2. The smallest absolute Gasteiger partial charge is 0.191 e. The van der Waals surface area contributed by atoms with Crippen molar-refractivity contribution in [3.05, 3.63) is 23.9 Å². The number of hydrogen-bond acceptors (Lipinski definition) is 4. The van der Waals surface area contributed by atoms with E-state index in [0.29, 0.717) is 6.54 Å². The summed E-state index contributed by atoms with van der Waals surface area (Å²) in [6.45, 7) is 6.82. The minimum absolute atomic E-state index is 0. The van der Waals surface area contributed by atoms with Crippen molar-refractivity contribution in [3.63, 3.8) is 0 Å². The summed E-state index contributed by atoms with van der Waals surface area (Å²) >= 11 is 1.83. The number of aliphatic imine (C=N–C) groups is 1. The molecule has 0 bridgehead atoms. The average Bonchev–Trinajstić information content (AvgIpc) is 2.61. The van der Waals surface area contributed by atoms with Gasteiger partial charge in [0.2, 0.25) is 0 Å². The maximum atomic E-state index is 4.68. The predicted molar refractivity (Wildman–Crippen MR) is 117 cm³/mol. The summed E-state index contributed by atoms with van der Waals surface area (Å²) < 4.78 is 0. The van der Waals surface area contributed by atoms with Crippen LogP contribution in [0.5, 0.6) is 0 Å². The zero-order valence-electron chi connectivity index (χ0n) is 14.8. The Labute approximate surface area is 167 Å². The van der Waals surface area contributed by atoms with Gasteiger partial charge in [-0.1, -0.05) is 0 Å². The van der Waals surface area contributed by atoms with Crippen LogP contribution in [-0.4, -0.2) is 49.1 Å². The second-order valence-corrected chi connectivity index (χ2v) is 6.67. The number of guanidine groups is 1. The van der Waals surface area contributed by atoms with Crippen molar-refractivity contribution in [2.24, 2.45) is 4.99 Å². The van der Waals surface area contributed by atoms with E-state index in [4.69, 9.17) is 0 Å². The number of thioether (sulfide) groups is 1. The largest absolute Gasteiger partial charge is 0.357 e. The van der Waals surface area contributed by atoms with Crippen molar-refractivity contribution < 1.29 is 0 Å². The molecule has 1 aliphatic rings. The third-order valence-corrected chi connectivity index (χ3v) is 4.46. The van der Waals surface area contributed by atoms with Gasteiger partial charge in [-0.15, -0.1) is 24.0 Å². The zero-order valence-corrected chi connectivity index (χ0v) is 17.9. The molecule has 24 heavy (non-hydrogen) atoms. The van der Waals surface area contributed by atoms with E-state index >= 15 is 0 Å². The fraction of sp³-hybridized carbons (Fsp3) is 0.647. The van der Waals surface area contributed by atoms with E-state index in [1.807, 2.05) is 18.0 Å². The van der Waals surface area contributed by atoms with Gasteiger partial charge >= 0.3 is 0 Å². The Hall–Kier alpha value is -0.700. The maximum Gasteiger partial charge on any atom is 0.191 e. The molecule has 1 aromatic rings. The molecule has 2 heterocycles. The lowest BCUT2D eigenvalue weighted by atomic mass is 10.1. The molecule has 1 fully saturated rings. The number of nitrogens with zero attached hydrogens (tertiary/aromatic N) is 3. The van der Waals surface area contributed by atoms with Crippen LogP contribution in [0, 0.1) is 0 Å². The molecule has 2 N–H and O–H groups in total. The van der Waals surface area contributed by atoms with Gasteiger partial charge < -0.3 is 15.5 Å². The van der Waals surface area contributed by atoms with E-state index in [2.05, 4.69) is 50.8 Å². The van der Waals surface area contributed by atoms with Gasteiger partial charge in [-0.2, -0.15) is 11.8 Å². The first-order valence-electron chi connectivity index (χ1n) is 8.54. The van der Waals surface area contributed by atoms with Crippen molar-refractivity contribution in [1.82, 2.24) is 15.6 Å². The number of nitrogens with one attached hydrogen (secondary N) is 2. The molecule has 1 aliphatic heterocycles. The van der Waals surface area contributed by atoms with Gasteiger partial charge in [0.1, 0.15) is 5.82 Å². The summed E-state index contributed by atoms with van der Waals surface area (Å²) in [6.07, 6.45) is 7.91. The minimum atomic E-state index is 0. The Kier molecular flexibility index (Phi) is 11.2. The fourth-order valence-electron chi connectivity index (χ4n) is 2.64. The first-order valence-corrected chi connectivity index (χ1v) is 9.94. The van der Waals surface area contributed by atoms with Gasteiger partial charge in [0, 0.05) is 38.1 Å². The van der Waals surface area contributed by atoms with Gasteiger partial charge in [-0.3, -0.25) is 0 Å². The summed E-state index contributed by atoms with van der Waals surface area (Å²) in [5, 5.41) is 6.66.